The van der Waals surface area contributed by atoms with Crippen LogP contribution in [0.2, 0.25) is 0 Å². The molecule has 0 spiro atoms. The molecule has 32 nitrogen and oxygen atoms in total. The monoisotopic (exact) mass is 2280 g/mol. The van der Waals surface area contributed by atoms with Crippen molar-refractivity contribution in [2.24, 2.45) is 32.5 Å². The zero-order chi connectivity index (χ0) is 109. The first-order chi connectivity index (χ1) is 65.0. The SMILES string of the molecule is CC(=O)O.CC(=O)O.CC(=O)O.CC(=O)O.CC(=O)[O-].CC(=O)[O-].CC1(C)C[N-]Cc2cc(C(C)(C)C)cc(c2O)C[N-]CC(C)(C)C[N-]Cc2cc(C(C)(C)C)cc(c2O)C[N-]C1.CC1(C)C[N-]Cc2cc(C(C)(C)C)cc(c2[O-])C[N-]CC(C)(C)C[N-]Cc2cc(C(C)(C)C)cc(c2[O-])C[N-]C1.COc1cc2c(O)c(c1)C[N-]CC(C)(C)C[N-]C(C)c1cc(OC)cc(c1O)C(C)[N-]CC(C)(C)C[N-]C2.[Mg+2].[Mg+2].[Zn+2].[Zn+2].[Zn+2].[Zn+2]. The van der Waals surface area contributed by atoms with Gasteiger partial charge in [-0.3, -0.25) is 19.2 Å². The minimum absolute atomic E-state index is 0. The number of ether oxygens (including phenoxy) is 2. The first-order valence-electron chi connectivity index (χ1n) is 48.0. The Kier molecular flexibility index (Phi) is 72.8. The first kappa shape index (κ1) is 153. The van der Waals surface area contributed by atoms with Crippen LogP contribution < -0.4 is 29.9 Å². The molecule has 2 unspecified atom stereocenters. The molecule has 0 saturated heterocycles. The van der Waals surface area contributed by atoms with E-state index in [4.69, 9.17) is 133 Å². The molecular weight excluding hydrogens is 2120 g/mol. The van der Waals surface area contributed by atoms with E-state index < -0.39 is 35.8 Å². The molecule has 804 valence electrons. The number of carbonyl (C=O) groups is 6. The first-order valence-corrected chi connectivity index (χ1v) is 48.0. The van der Waals surface area contributed by atoms with Crippen molar-refractivity contribution in [3.05, 3.63) is 226 Å². The Bertz CT molecular complexity index is 4310. The summed E-state index contributed by atoms with van der Waals surface area (Å²) in [6.45, 7) is 73.3. The van der Waals surface area contributed by atoms with Gasteiger partial charge in [-0.25, -0.2) is 0 Å². The Morgan fingerprint density at radius 1 is 0.284 bits per heavy atom. The molecule has 148 heavy (non-hydrogen) atoms. The zero-order valence-corrected chi connectivity index (χ0v) is 110. The van der Waals surface area contributed by atoms with Crippen LogP contribution in [-0.4, -0.2) is 216 Å². The van der Waals surface area contributed by atoms with Crippen LogP contribution in [0.1, 0.15) is 323 Å². The maximum Gasteiger partial charge on any atom is 2.00 e. The minimum Gasteiger partial charge on any atom is -0.872 e. The van der Waals surface area contributed by atoms with Crippen molar-refractivity contribution in [3.8, 4) is 46.0 Å². The van der Waals surface area contributed by atoms with Crippen molar-refractivity contribution in [2.45, 2.75) is 321 Å². The number of phenolic OH excluding ortho intramolecular Hbond substituents is 4. The fourth-order valence-electron chi connectivity index (χ4n) is 14.3. The fraction of sp³-hybridized carbons (Fsp3) is 0.618. The van der Waals surface area contributed by atoms with Gasteiger partial charge in [-0.2, -0.15) is 0 Å². The van der Waals surface area contributed by atoms with E-state index in [0.29, 0.717) is 167 Å². The summed E-state index contributed by atoms with van der Waals surface area (Å²) in [5.41, 5.74) is 12.6. The molecule has 8 N–H and O–H groups in total. The van der Waals surface area contributed by atoms with E-state index >= 15 is 0 Å². The molecule has 0 fully saturated rings. The summed E-state index contributed by atoms with van der Waals surface area (Å²) in [5, 5.41) is 177. The average Bonchev–Trinajstić information content (AvgIpc) is 0.814. The van der Waals surface area contributed by atoms with Gasteiger partial charge in [0.2, 0.25) is 0 Å². The minimum atomic E-state index is -1.08. The molecular formula is C110H168Mg2N12O20Zn4-4. The summed E-state index contributed by atoms with van der Waals surface area (Å²) in [7, 11) is 3.25. The summed E-state index contributed by atoms with van der Waals surface area (Å²) in [5.74, 6) is -2.97. The summed E-state index contributed by atoms with van der Waals surface area (Å²) in [6, 6.07) is 23.4. The van der Waals surface area contributed by atoms with Crippen LogP contribution in [0.4, 0.5) is 0 Å². The Hall–Kier alpha value is -5.91. The molecule has 6 aromatic carbocycles. The number of rotatable bonds is 2. The molecule has 38 heteroatoms. The van der Waals surface area contributed by atoms with Gasteiger partial charge in [0.25, 0.3) is 23.9 Å². The predicted octanol–water partition coefficient (Wildman–Crippen LogP) is 21.2. The molecule has 3 aliphatic heterocycles. The van der Waals surface area contributed by atoms with Crippen LogP contribution in [0, 0.1) is 32.5 Å². The van der Waals surface area contributed by atoms with Crippen molar-refractivity contribution in [3.63, 3.8) is 0 Å². The summed E-state index contributed by atoms with van der Waals surface area (Å²) in [4.78, 5) is 53.8. The third kappa shape index (κ3) is 62.6. The Morgan fingerprint density at radius 2 is 0.419 bits per heavy atom. The number of nitrogens with zero attached hydrogens (tertiary/aromatic N) is 12. The molecule has 12 bridgehead atoms. The smallest absolute Gasteiger partial charge is 0.872 e. The van der Waals surface area contributed by atoms with Gasteiger partial charge in [-0.15, -0.1) is 168 Å². The second kappa shape index (κ2) is 70.6. The second-order valence-electron chi connectivity index (χ2n) is 45.5. The maximum atomic E-state index is 13.4. The number of phenols is 4. The third-order valence-electron chi connectivity index (χ3n) is 22.0. The Morgan fingerprint density at radius 3 is 0.574 bits per heavy atom. The molecule has 0 aliphatic carbocycles. The van der Waals surface area contributed by atoms with Gasteiger partial charge < -0.3 is 144 Å². The summed E-state index contributed by atoms with van der Waals surface area (Å²) >= 11 is 0. The van der Waals surface area contributed by atoms with Crippen LogP contribution in [0.25, 0.3) is 63.8 Å². The van der Waals surface area contributed by atoms with Crippen molar-refractivity contribution >= 4 is 81.9 Å². The molecule has 2 atom stereocenters. The number of benzene rings is 6. The topological polar surface area (TPSA) is 544 Å². The average molecular weight is 2290 g/mol. The molecule has 9 rings (SSSR count). The van der Waals surface area contributed by atoms with Crippen LogP contribution in [0.15, 0.2) is 72.8 Å². The number of hydrogen-bond acceptors (Lipinski definition) is 16. The van der Waals surface area contributed by atoms with E-state index in [1.807, 2.05) is 62.4 Å². The predicted molar refractivity (Wildman–Crippen MR) is 573 cm³/mol. The third-order valence-corrected chi connectivity index (χ3v) is 22.0. The molecule has 0 radical (unpaired) electrons. The number of aliphatic carboxylic acids is 6. The number of carboxylic acids is 6. The standard InChI is InChI=1S/2C34H52N4O2.C30H44N4O4.6C2H4O2.2Mg.4Zn/c2*1-31(2,3)27-11-23-15-35-19-33(7,8)21-37-17-25-13-28(32(4,5)6)14-26(30(25)40)18-38-22-34(9,10)20-36-16-24(12-27)29(23)39;1-19-25-11-24(38-8)12-26(28(25)36)20(2)34-18-30(5,6)16-32-14-22-10-23(37-7)9-21(27(22)35)13-31-15-29(3,4)17-33-19;6*1-2(3)4;;;;;;/h2*11-14,39-40H,15-22H2,1-10H3;9-12,19-20,35-36H,13-18H2,1-8H3;6*1H3,(H,3,4);;;;;;/q3*-4;;;;;;;6*+2/p-4. The Labute approximate surface area is 968 Å². The van der Waals surface area contributed by atoms with E-state index in [1.165, 1.54) is 11.1 Å². The number of methoxy groups -OCH3 is 2. The van der Waals surface area contributed by atoms with Crippen LogP contribution in [-0.2, 0) is 194 Å². The second-order valence-corrected chi connectivity index (χ2v) is 45.5. The van der Waals surface area contributed by atoms with E-state index in [2.05, 4.69) is 190 Å². The fourth-order valence-corrected chi connectivity index (χ4v) is 14.3. The van der Waals surface area contributed by atoms with Gasteiger partial charge in [-0.05, 0) is 127 Å². The normalized spacial score (nSPS) is 17.5. The molecule has 0 amide bonds. The molecule has 0 saturated carbocycles. The number of aromatic hydroxyl groups is 4. The molecule has 6 aromatic rings. The molecule has 3 heterocycles. The van der Waals surface area contributed by atoms with E-state index in [9.17, 15) is 30.6 Å². The number of fused-ring (bicyclic) bond motifs is 12. The van der Waals surface area contributed by atoms with Gasteiger partial charge in [0.1, 0.15) is 34.5 Å². The van der Waals surface area contributed by atoms with Crippen molar-refractivity contribution in [2.75, 3.05) is 92.8 Å². The summed E-state index contributed by atoms with van der Waals surface area (Å²) < 4.78 is 11.0. The van der Waals surface area contributed by atoms with Crippen molar-refractivity contribution in [1.29, 1.82) is 0 Å². The van der Waals surface area contributed by atoms with Crippen LogP contribution >= 0.6 is 0 Å². The molecule has 0 aromatic heterocycles. The van der Waals surface area contributed by atoms with Gasteiger partial charge in [0.05, 0.1) is 14.2 Å². The van der Waals surface area contributed by atoms with Crippen molar-refractivity contribution in [1.82, 2.24) is 0 Å². The number of carbonyl (C=O) groups excluding carboxylic acids is 2. The van der Waals surface area contributed by atoms with Gasteiger partial charge in [-0.1, -0.05) is 283 Å². The van der Waals surface area contributed by atoms with Gasteiger partial charge in [0.15, 0.2) is 0 Å². The largest absolute Gasteiger partial charge is 2.00 e. The zero-order valence-electron chi connectivity index (χ0n) is 95.7. The van der Waals surface area contributed by atoms with Crippen molar-refractivity contribution < 1.29 is 177 Å². The van der Waals surface area contributed by atoms with E-state index in [-0.39, 0.29) is 213 Å². The van der Waals surface area contributed by atoms with E-state index in [0.717, 1.165) is 119 Å². The molecule has 3 aliphatic rings. The van der Waals surface area contributed by atoms with Crippen LogP contribution in [0.3, 0.4) is 0 Å². The van der Waals surface area contributed by atoms with Crippen LogP contribution in [0.5, 0.6) is 46.0 Å². The van der Waals surface area contributed by atoms with E-state index in [1.54, 1.807) is 14.2 Å². The summed E-state index contributed by atoms with van der Waals surface area (Å²) in [6.07, 6.45) is 0. The Balaban J connectivity index is -0.000000450. The number of carboxylic acid groups (broad SMARTS) is 6. The van der Waals surface area contributed by atoms with Gasteiger partial charge in [0, 0.05) is 39.6 Å². The quantitative estimate of drug-likeness (QED) is 0.0746. The maximum absolute atomic E-state index is 13.4. The number of hydrogen-bond donors (Lipinski definition) is 8. The van der Waals surface area contributed by atoms with Gasteiger partial charge >= 0.3 is 124 Å².